The van der Waals surface area contributed by atoms with Crippen molar-refractivity contribution in [3.05, 3.63) is 36.7 Å². The summed E-state index contributed by atoms with van der Waals surface area (Å²) in [6.45, 7) is 3.91. The van der Waals surface area contributed by atoms with Crippen LogP contribution in [0.15, 0.2) is 41.8 Å². The second-order valence-electron chi connectivity index (χ2n) is 5.35. The molecule has 122 valence electrons. The van der Waals surface area contributed by atoms with Crippen molar-refractivity contribution in [3.8, 4) is 11.4 Å². The number of aromatic nitrogens is 3. The van der Waals surface area contributed by atoms with Gasteiger partial charge in [-0.1, -0.05) is 17.8 Å². The number of pyridine rings is 1. The molecule has 0 atom stereocenters. The molecule has 0 bridgehead atoms. The Bertz CT molecular complexity index is 650. The molecule has 0 aliphatic carbocycles. The van der Waals surface area contributed by atoms with Crippen LogP contribution >= 0.6 is 11.8 Å². The fourth-order valence-corrected chi connectivity index (χ4v) is 2.17. The van der Waals surface area contributed by atoms with Crippen LogP contribution in [0.25, 0.3) is 11.4 Å². The number of esters is 1. The fourth-order valence-electron chi connectivity index (χ4n) is 1.55. The molecule has 2 rings (SSSR count). The molecule has 0 spiro atoms. The molecule has 0 fully saturated rings. The highest BCUT2D eigenvalue weighted by molar-refractivity contribution is 7.99. The highest BCUT2D eigenvalue weighted by Gasteiger charge is 2.19. The molecule has 7 heteroatoms. The molecular weight excluding hydrogens is 314 g/mol. The number of carbonyl (C=O) groups is 1. The van der Waals surface area contributed by atoms with Crippen molar-refractivity contribution in [3.63, 3.8) is 0 Å². The molecule has 0 unspecified atom stereocenters. The average molecular weight is 333 g/mol. The van der Waals surface area contributed by atoms with Crippen LogP contribution in [0.2, 0.25) is 0 Å². The molecule has 2 aromatic heterocycles. The molecule has 2 aromatic rings. The number of thioether (sulfide) groups is 1. The van der Waals surface area contributed by atoms with E-state index in [9.17, 15) is 4.79 Å². The number of methoxy groups -OCH3 is 1. The number of carbonyl (C=O) groups excluding carboxylic acids is 1. The van der Waals surface area contributed by atoms with Gasteiger partial charge in [0.1, 0.15) is 6.61 Å². The van der Waals surface area contributed by atoms with Crippen molar-refractivity contribution in [1.82, 2.24) is 15.0 Å². The largest absolute Gasteiger partial charge is 0.462 e. The highest BCUT2D eigenvalue weighted by atomic mass is 32.2. The van der Waals surface area contributed by atoms with E-state index >= 15 is 0 Å². The predicted molar refractivity (Wildman–Crippen MR) is 88.0 cm³/mol. The first kappa shape index (κ1) is 17.4. The minimum absolute atomic E-state index is 0.144. The number of ether oxygens (including phenoxy) is 2. The van der Waals surface area contributed by atoms with Crippen molar-refractivity contribution < 1.29 is 14.3 Å². The molecule has 0 saturated heterocycles. The number of hydrogen-bond donors (Lipinski definition) is 0. The first-order chi connectivity index (χ1) is 11.0. The van der Waals surface area contributed by atoms with Crippen LogP contribution in [0, 0.1) is 0 Å². The van der Waals surface area contributed by atoms with E-state index in [0.29, 0.717) is 5.16 Å². The van der Waals surface area contributed by atoms with Crippen molar-refractivity contribution in [1.29, 1.82) is 0 Å². The van der Waals surface area contributed by atoms with Gasteiger partial charge in [0, 0.05) is 19.5 Å². The van der Waals surface area contributed by atoms with Gasteiger partial charge in [0.25, 0.3) is 0 Å². The second-order valence-corrected chi connectivity index (χ2v) is 6.30. The summed E-state index contributed by atoms with van der Waals surface area (Å²) in [4.78, 5) is 24.6. The Hall–Kier alpha value is -1.99. The van der Waals surface area contributed by atoms with Gasteiger partial charge < -0.3 is 9.47 Å². The van der Waals surface area contributed by atoms with E-state index in [2.05, 4.69) is 15.0 Å². The standard InChI is InChI=1S/C16H19N3O3S/c1-16(2,21-3)11-22-14(20)10-23-15-18-9-7-13(19-15)12-6-4-5-8-17-12/h4-9H,10-11H2,1-3H3. The molecule has 0 N–H and O–H groups in total. The Morgan fingerprint density at radius 3 is 2.70 bits per heavy atom. The summed E-state index contributed by atoms with van der Waals surface area (Å²) in [7, 11) is 1.58. The van der Waals surface area contributed by atoms with Gasteiger partial charge in [-0.3, -0.25) is 9.78 Å². The molecule has 2 heterocycles. The zero-order chi connectivity index (χ0) is 16.7. The third-order valence-corrected chi connectivity index (χ3v) is 3.85. The minimum Gasteiger partial charge on any atom is -0.462 e. The second kappa shape index (κ2) is 8.03. The molecule has 0 saturated carbocycles. The lowest BCUT2D eigenvalue weighted by Gasteiger charge is -2.21. The van der Waals surface area contributed by atoms with Crippen molar-refractivity contribution in [2.24, 2.45) is 0 Å². The van der Waals surface area contributed by atoms with Crippen LogP contribution in [0.1, 0.15) is 13.8 Å². The molecule has 0 aliphatic rings. The smallest absolute Gasteiger partial charge is 0.316 e. The van der Waals surface area contributed by atoms with E-state index in [1.54, 1.807) is 25.6 Å². The lowest BCUT2D eigenvalue weighted by atomic mass is 10.1. The first-order valence-corrected chi connectivity index (χ1v) is 8.07. The molecule has 23 heavy (non-hydrogen) atoms. The predicted octanol–water partition coefficient (Wildman–Crippen LogP) is 2.60. The van der Waals surface area contributed by atoms with Gasteiger partial charge in [-0.2, -0.15) is 0 Å². The summed E-state index contributed by atoms with van der Waals surface area (Å²) in [5, 5.41) is 0.510. The van der Waals surface area contributed by atoms with E-state index < -0.39 is 5.60 Å². The third kappa shape index (κ3) is 5.61. The summed E-state index contributed by atoms with van der Waals surface area (Å²) in [6.07, 6.45) is 3.36. The van der Waals surface area contributed by atoms with E-state index in [-0.39, 0.29) is 18.3 Å². The summed E-state index contributed by atoms with van der Waals surface area (Å²) >= 11 is 1.23. The van der Waals surface area contributed by atoms with Gasteiger partial charge in [0.15, 0.2) is 5.16 Å². The zero-order valence-corrected chi connectivity index (χ0v) is 14.2. The summed E-state index contributed by atoms with van der Waals surface area (Å²) in [5.74, 6) is -0.183. The molecule has 0 radical (unpaired) electrons. The Labute approximate surface area is 139 Å². The number of rotatable bonds is 7. The molecule has 0 aliphatic heterocycles. The number of nitrogens with zero attached hydrogens (tertiary/aromatic N) is 3. The van der Waals surface area contributed by atoms with Crippen molar-refractivity contribution in [2.45, 2.75) is 24.6 Å². The summed E-state index contributed by atoms with van der Waals surface area (Å²) < 4.78 is 10.4. The lowest BCUT2D eigenvalue weighted by Crippen LogP contribution is -2.31. The minimum atomic E-state index is -0.490. The molecular formula is C16H19N3O3S. The highest BCUT2D eigenvalue weighted by Crippen LogP contribution is 2.18. The fraction of sp³-hybridized carbons (Fsp3) is 0.375. The Morgan fingerprint density at radius 1 is 1.17 bits per heavy atom. The maximum Gasteiger partial charge on any atom is 0.316 e. The van der Waals surface area contributed by atoms with Crippen molar-refractivity contribution in [2.75, 3.05) is 19.5 Å². The third-order valence-electron chi connectivity index (χ3n) is 3.01. The van der Waals surface area contributed by atoms with Gasteiger partial charge in [-0.05, 0) is 32.0 Å². The van der Waals surface area contributed by atoms with E-state index in [1.807, 2.05) is 32.0 Å². The van der Waals surface area contributed by atoms with Gasteiger partial charge in [0.2, 0.25) is 0 Å². The normalized spacial score (nSPS) is 11.3. The van der Waals surface area contributed by atoms with Gasteiger partial charge in [0.05, 0.1) is 22.7 Å². The Kier molecular flexibility index (Phi) is 6.06. The molecule has 0 aromatic carbocycles. The Morgan fingerprint density at radius 2 is 2.00 bits per heavy atom. The van der Waals surface area contributed by atoms with Crippen LogP contribution in [0.3, 0.4) is 0 Å². The van der Waals surface area contributed by atoms with Crippen molar-refractivity contribution >= 4 is 17.7 Å². The number of hydrogen-bond acceptors (Lipinski definition) is 7. The van der Waals surface area contributed by atoms with Crippen LogP contribution < -0.4 is 0 Å². The maximum atomic E-state index is 11.8. The molecule has 6 nitrogen and oxygen atoms in total. The van der Waals surface area contributed by atoms with E-state index in [1.165, 1.54) is 11.8 Å². The SMILES string of the molecule is COC(C)(C)COC(=O)CSc1nccc(-c2ccccn2)n1. The van der Waals surface area contributed by atoms with Crippen LogP contribution in [-0.2, 0) is 14.3 Å². The van der Waals surface area contributed by atoms with Gasteiger partial charge in [-0.15, -0.1) is 0 Å². The quantitative estimate of drug-likeness (QED) is 0.438. The monoisotopic (exact) mass is 333 g/mol. The first-order valence-electron chi connectivity index (χ1n) is 7.08. The van der Waals surface area contributed by atoms with Crippen LogP contribution in [0.5, 0.6) is 0 Å². The van der Waals surface area contributed by atoms with Crippen LogP contribution in [-0.4, -0.2) is 46.0 Å². The van der Waals surface area contributed by atoms with E-state index in [0.717, 1.165) is 11.4 Å². The van der Waals surface area contributed by atoms with Gasteiger partial charge in [-0.25, -0.2) is 9.97 Å². The van der Waals surface area contributed by atoms with Crippen LogP contribution in [0.4, 0.5) is 0 Å². The molecule has 0 amide bonds. The van der Waals surface area contributed by atoms with E-state index in [4.69, 9.17) is 9.47 Å². The topological polar surface area (TPSA) is 74.2 Å². The summed E-state index contributed by atoms with van der Waals surface area (Å²) in [6, 6.07) is 7.40. The zero-order valence-electron chi connectivity index (χ0n) is 13.4. The summed E-state index contributed by atoms with van der Waals surface area (Å²) in [5.41, 5.74) is 0.994. The lowest BCUT2D eigenvalue weighted by molar-refractivity contribution is -0.148. The average Bonchev–Trinajstić information content (AvgIpc) is 2.59. The Balaban J connectivity index is 1.90. The van der Waals surface area contributed by atoms with Gasteiger partial charge >= 0.3 is 5.97 Å². The maximum absolute atomic E-state index is 11.8.